The second-order valence-corrected chi connectivity index (χ2v) is 6.65. The standard InChI is InChI=1S/C18H27ClN2O3/c1-13(9-10-19)20-18(22)21-15-7-8-16(23-2)17(12-15)24-11-3-4-14-5-6-14/h7-8,12-14H,3-6,9-11H2,1-2H3,(H2,20,21,22)/t13-/m0/s1. The van der Waals surface area contributed by atoms with Crippen LogP contribution in [0.15, 0.2) is 18.2 Å². The van der Waals surface area contributed by atoms with Crippen LogP contribution in [0.25, 0.3) is 0 Å². The summed E-state index contributed by atoms with van der Waals surface area (Å²) in [5.41, 5.74) is 0.670. The summed E-state index contributed by atoms with van der Waals surface area (Å²) < 4.78 is 11.2. The van der Waals surface area contributed by atoms with Crippen LogP contribution in [0.3, 0.4) is 0 Å². The van der Waals surface area contributed by atoms with E-state index in [4.69, 9.17) is 21.1 Å². The first kappa shape index (κ1) is 18.7. The Morgan fingerprint density at radius 1 is 1.38 bits per heavy atom. The minimum Gasteiger partial charge on any atom is -0.493 e. The van der Waals surface area contributed by atoms with Crippen molar-refractivity contribution in [3.8, 4) is 11.5 Å². The lowest BCUT2D eigenvalue weighted by Crippen LogP contribution is -2.36. The molecule has 0 spiro atoms. The highest BCUT2D eigenvalue weighted by molar-refractivity contribution is 6.17. The summed E-state index contributed by atoms with van der Waals surface area (Å²) in [5.74, 6) is 2.74. The summed E-state index contributed by atoms with van der Waals surface area (Å²) in [5, 5.41) is 5.66. The molecule has 1 aliphatic carbocycles. The first-order valence-electron chi connectivity index (χ1n) is 8.56. The van der Waals surface area contributed by atoms with Gasteiger partial charge in [0, 0.05) is 23.7 Å². The van der Waals surface area contributed by atoms with E-state index in [1.54, 1.807) is 25.3 Å². The number of amides is 2. The van der Waals surface area contributed by atoms with Crippen molar-refractivity contribution in [2.24, 2.45) is 5.92 Å². The average Bonchev–Trinajstić information content (AvgIpc) is 3.36. The maximum atomic E-state index is 12.0. The van der Waals surface area contributed by atoms with Gasteiger partial charge in [0.25, 0.3) is 0 Å². The molecule has 5 nitrogen and oxygen atoms in total. The van der Waals surface area contributed by atoms with Crippen molar-refractivity contribution in [1.82, 2.24) is 5.32 Å². The van der Waals surface area contributed by atoms with E-state index < -0.39 is 0 Å². The molecule has 0 heterocycles. The van der Waals surface area contributed by atoms with Gasteiger partial charge in [0.2, 0.25) is 0 Å². The Morgan fingerprint density at radius 2 is 2.17 bits per heavy atom. The van der Waals surface area contributed by atoms with Crippen LogP contribution >= 0.6 is 11.6 Å². The largest absolute Gasteiger partial charge is 0.493 e. The fraction of sp³-hybridized carbons (Fsp3) is 0.611. The van der Waals surface area contributed by atoms with Gasteiger partial charge in [0.15, 0.2) is 11.5 Å². The summed E-state index contributed by atoms with van der Waals surface area (Å²) >= 11 is 5.68. The van der Waals surface area contributed by atoms with E-state index in [1.807, 2.05) is 6.92 Å². The molecule has 2 rings (SSSR count). The zero-order valence-electron chi connectivity index (χ0n) is 14.4. The number of alkyl halides is 1. The van der Waals surface area contributed by atoms with Crippen LogP contribution in [0.5, 0.6) is 11.5 Å². The third kappa shape index (κ3) is 6.48. The molecule has 134 valence electrons. The van der Waals surface area contributed by atoms with E-state index >= 15 is 0 Å². The van der Waals surface area contributed by atoms with Crippen molar-refractivity contribution in [3.63, 3.8) is 0 Å². The predicted octanol–water partition coefficient (Wildman–Crippen LogP) is 4.40. The number of ether oxygens (including phenoxy) is 2. The molecule has 1 atom stereocenters. The Balaban J connectivity index is 1.87. The zero-order valence-corrected chi connectivity index (χ0v) is 15.2. The molecule has 2 amide bonds. The maximum absolute atomic E-state index is 12.0. The monoisotopic (exact) mass is 354 g/mol. The van der Waals surface area contributed by atoms with Crippen molar-refractivity contribution in [2.45, 2.75) is 45.1 Å². The number of carbonyl (C=O) groups excluding carboxylic acids is 1. The van der Waals surface area contributed by atoms with Crippen molar-refractivity contribution in [1.29, 1.82) is 0 Å². The highest BCUT2D eigenvalue weighted by atomic mass is 35.5. The van der Waals surface area contributed by atoms with Crippen LogP contribution in [0.4, 0.5) is 10.5 Å². The summed E-state index contributed by atoms with van der Waals surface area (Å²) in [7, 11) is 1.61. The number of nitrogens with one attached hydrogen (secondary N) is 2. The topological polar surface area (TPSA) is 59.6 Å². The zero-order chi connectivity index (χ0) is 17.4. The summed E-state index contributed by atoms with van der Waals surface area (Å²) in [6.07, 6.45) is 5.72. The fourth-order valence-corrected chi connectivity index (χ4v) is 2.78. The number of benzene rings is 1. The molecule has 1 fully saturated rings. The number of anilines is 1. The van der Waals surface area contributed by atoms with Crippen molar-refractivity contribution in [3.05, 3.63) is 18.2 Å². The van der Waals surface area contributed by atoms with Crippen LogP contribution in [0, 0.1) is 5.92 Å². The molecular formula is C18H27ClN2O3. The quantitative estimate of drug-likeness (QED) is 0.483. The molecule has 0 aromatic heterocycles. The van der Waals surface area contributed by atoms with Gasteiger partial charge < -0.3 is 20.1 Å². The smallest absolute Gasteiger partial charge is 0.319 e. The van der Waals surface area contributed by atoms with Gasteiger partial charge in [-0.1, -0.05) is 12.8 Å². The van der Waals surface area contributed by atoms with Crippen molar-refractivity contribution >= 4 is 23.3 Å². The number of hydrogen-bond acceptors (Lipinski definition) is 3. The Hall–Kier alpha value is -1.62. The van der Waals surface area contributed by atoms with Gasteiger partial charge in [0.1, 0.15) is 0 Å². The van der Waals surface area contributed by atoms with E-state index in [1.165, 1.54) is 19.3 Å². The summed E-state index contributed by atoms with van der Waals surface area (Å²) in [4.78, 5) is 12.0. The highest BCUT2D eigenvalue weighted by Crippen LogP contribution is 2.34. The first-order chi connectivity index (χ1) is 11.6. The van der Waals surface area contributed by atoms with Crippen molar-refractivity contribution < 1.29 is 14.3 Å². The number of urea groups is 1. The molecule has 24 heavy (non-hydrogen) atoms. The van der Waals surface area contributed by atoms with E-state index in [2.05, 4.69) is 10.6 Å². The van der Waals surface area contributed by atoms with Crippen LogP contribution in [-0.2, 0) is 0 Å². The normalized spacial score (nSPS) is 14.8. The van der Waals surface area contributed by atoms with E-state index in [-0.39, 0.29) is 12.1 Å². The molecule has 2 N–H and O–H groups in total. The molecule has 1 aromatic rings. The van der Waals surface area contributed by atoms with Gasteiger partial charge in [-0.15, -0.1) is 11.6 Å². The summed E-state index contributed by atoms with van der Waals surface area (Å²) in [6, 6.07) is 5.16. The van der Waals surface area contributed by atoms with E-state index in [0.29, 0.717) is 29.7 Å². The Kier molecular flexibility index (Phi) is 7.50. The van der Waals surface area contributed by atoms with Gasteiger partial charge in [-0.2, -0.15) is 0 Å². The van der Waals surface area contributed by atoms with Gasteiger partial charge in [-0.05, 0) is 44.2 Å². The van der Waals surface area contributed by atoms with Gasteiger partial charge in [-0.3, -0.25) is 0 Å². The van der Waals surface area contributed by atoms with Crippen LogP contribution in [0.1, 0.15) is 39.0 Å². The summed E-state index contributed by atoms with van der Waals surface area (Å²) in [6.45, 7) is 2.58. The predicted molar refractivity (Wildman–Crippen MR) is 97.4 cm³/mol. The van der Waals surface area contributed by atoms with E-state index in [9.17, 15) is 4.79 Å². The van der Waals surface area contributed by atoms with Crippen LogP contribution < -0.4 is 20.1 Å². The molecule has 0 saturated heterocycles. The molecule has 0 aliphatic heterocycles. The number of halogens is 1. The molecule has 0 radical (unpaired) electrons. The highest BCUT2D eigenvalue weighted by Gasteiger charge is 2.20. The third-order valence-corrected chi connectivity index (χ3v) is 4.27. The Bertz CT molecular complexity index is 535. The number of methoxy groups -OCH3 is 1. The SMILES string of the molecule is COc1ccc(NC(=O)N[C@@H](C)CCCl)cc1OCCCC1CC1. The molecule has 1 aliphatic rings. The molecule has 1 aromatic carbocycles. The van der Waals surface area contributed by atoms with Crippen molar-refractivity contribution in [2.75, 3.05) is 24.9 Å². The lowest BCUT2D eigenvalue weighted by atomic mass is 10.2. The minimum atomic E-state index is -0.252. The lowest BCUT2D eigenvalue weighted by Gasteiger charge is -2.15. The lowest BCUT2D eigenvalue weighted by molar-refractivity contribution is 0.249. The van der Waals surface area contributed by atoms with Crippen LogP contribution in [0.2, 0.25) is 0 Å². The first-order valence-corrected chi connectivity index (χ1v) is 9.10. The second-order valence-electron chi connectivity index (χ2n) is 6.28. The molecule has 6 heteroatoms. The third-order valence-electron chi connectivity index (χ3n) is 4.05. The van der Waals surface area contributed by atoms with Crippen LogP contribution in [-0.4, -0.2) is 31.7 Å². The second kappa shape index (κ2) is 9.62. The van der Waals surface area contributed by atoms with Gasteiger partial charge in [-0.25, -0.2) is 4.79 Å². The van der Waals surface area contributed by atoms with Gasteiger partial charge in [0.05, 0.1) is 13.7 Å². The minimum absolute atomic E-state index is 0.0268. The molecule has 0 unspecified atom stereocenters. The number of rotatable bonds is 10. The number of carbonyl (C=O) groups is 1. The molecular weight excluding hydrogens is 328 g/mol. The fourth-order valence-electron chi connectivity index (χ4n) is 2.45. The Labute approximate surface area is 149 Å². The van der Waals surface area contributed by atoms with Gasteiger partial charge >= 0.3 is 6.03 Å². The molecule has 1 saturated carbocycles. The number of hydrogen-bond donors (Lipinski definition) is 2. The Morgan fingerprint density at radius 3 is 2.83 bits per heavy atom. The molecule has 0 bridgehead atoms. The van der Waals surface area contributed by atoms with E-state index in [0.717, 1.165) is 18.8 Å². The average molecular weight is 355 g/mol. The maximum Gasteiger partial charge on any atom is 0.319 e.